The summed E-state index contributed by atoms with van der Waals surface area (Å²) in [6, 6.07) is 0. The van der Waals surface area contributed by atoms with Crippen LogP contribution in [0.4, 0.5) is 26.3 Å². The molecule has 0 aliphatic heterocycles. The molecule has 0 N–H and O–H groups in total. The van der Waals surface area contributed by atoms with Crippen LogP contribution in [-0.2, 0) is 57.2 Å². The molecule has 9 aliphatic carbocycles. The first kappa shape index (κ1) is 79.5. The van der Waals surface area contributed by atoms with Crippen LogP contribution in [-0.4, -0.2) is 94.2 Å². The summed E-state index contributed by atoms with van der Waals surface area (Å²) in [5.74, 6) is -1.81. The highest BCUT2D eigenvalue weighted by molar-refractivity contribution is 5.76. The maximum Gasteiger partial charge on any atom is 0.311 e. The predicted molar refractivity (Wildman–Crippen MR) is 306 cm³/mol. The van der Waals surface area contributed by atoms with E-state index in [0.29, 0.717) is 20.8 Å². The van der Waals surface area contributed by atoms with Gasteiger partial charge in [-0.1, -0.05) is 59.3 Å². The van der Waals surface area contributed by atoms with Gasteiger partial charge in [0.15, 0.2) is 19.3 Å². The van der Waals surface area contributed by atoms with Crippen LogP contribution in [0.5, 0.6) is 0 Å². The van der Waals surface area contributed by atoms with Gasteiger partial charge in [-0.05, 0) is 192 Å². The highest BCUT2D eigenvalue weighted by Gasteiger charge is 2.43. The minimum atomic E-state index is -2.95. The van der Waals surface area contributed by atoms with Crippen molar-refractivity contribution in [2.24, 2.45) is 63.6 Å². The molecule has 9 rings (SSSR count). The maximum absolute atomic E-state index is 12.2. The van der Waals surface area contributed by atoms with Gasteiger partial charge in [0.05, 0.1) is 37.6 Å². The van der Waals surface area contributed by atoms with Gasteiger partial charge in [0, 0.05) is 41.5 Å². The molecule has 12 nitrogen and oxygen atoms in total. The second-order valence-corrected chi connectivity index (χ2v) is 26.0. The monoisotopic (exact) mass is 1170 g/mol. The summed E-state index contributed by atoms with van der Waals surface area (Å²) in [5, 5.41) is 0. The van der Waals surface area contributed by atoms with Crippen molar-refractivity contribution in [1.29, 1.82) is 0 Å². The summed E-state index contributed by atoms with van der Waals surface area (Å²) < 4.78 is 97.6. The Kier molecular flexibility index (Phi) is 37.6. The summed E-state index contributed by atoms with van der Waals surface area (Å²) in [6.07, 6.45) is 29.4. The Hall–Kier alpha value is -3.60. The molecular formula is C63H112F6O12. The molecule has 9 fully saturated rings. The predicted octanol–water partition coefficient (Wildman–Crippen LogP) is 16.8. The second-order valence-electron chi connectivity index (χ2n) is 26.0. The Bertz CT molecular complexity index is 1540. The number of alkyl halides is 6. The van der Waals surface area contributed by atoms with Crippen LogP contribution in [0.25, 0.3) is 0 Å². The van der Waals surface area contributed by atoms with Crippen molar-refractivity contribution in [2.45, 2.75) is 269 Å². The van der Waals surface area contributed by atoms with Gasteiger partial charge in [-0.25, -0.2) is 26.3 Å². The van der Waals surface area contributed by atoms with Crippen LogP contribution in [0.15, 0.2) is 0 Å². The van der Waals surface area contributed by atoms with Crippen molar-refractivity contribution in [3.63, 3.8) is 0 Å². The van der Waals surface area contributed by atoms with E-state index in [-0.39, 0.29) is 34.2 Å². The van der Waals surface area contributed by atoms with E-state index in [1.54, 1.807) is 77.0 Å². The lowest BCUT2D eigenvalue weighted by atomic mass is 9.56. The molecule has 1 unspecified atom stereocenters. The SMILES string of the molecule is C1C2CC3CC1CC(C2)C3.C1C2CC3CC1CC(C2)C3.C1CCCCC1.CC(=O)OC(C)C(C)(F)F.CC(=O)OCC(C)(F)F.CC(=O)OCC(C)(F)F.CCC(C)(C)C(=O)OC.CCC(C)(C)C(=O)OC.CCC(C)(C)C(=O)OC. The van der Waals surface area contributed by atoms with Crippen LogP contribution in [0.2, 0.25) is 0 Å². The summed E-state index contributed by atoms with van der Waals surface area (Å²) >= 11 is 0. The normalized spacial score (nSPS) is 24.0. The number of ether oxygens (including phenoxy) is 6. The van der Waals surface area contributed by atoms with E-state index in [0.717, 1.165) is 47.0 Å². The molecule has 1 atom stereocenters. The number of carbonyl (C=O) groups excluding carboxylic acids is 6. The molecule has 0 radical (unpaired) electrons. The smallest absolute Gasteiger partial charge is 0.311 e. The minimum Gasteiger partial charge on any atom is -0.469 e. The van der Waals surface area contributed by atoms with Gasteiger partial charge in [-0.3, -0.25) is 28.8 Å². The molecular weight excluding hydrogens is 1060 g/mol. The minimum absolute atomic E-state index is 0.134. The zero-order valence-electron chi connectivity index (χ0n) is 53.6. The van der Waals surface area contributed by atoms with Crippen LogP contribution >= 0.6 is 0 Å². The van der Waals surface area contributed by atoms with Crippen molar-refractivity contribution in [3.8, 4) is 0 Å². The Morgan fingerprint density at radius 1 is 0.383 bits per heavy atom. The fourth-order valence-corrected chi connectivity index (χ4v) is 11.1. The molecule has 81 heavy (non-hydrogen) atoms. The molecule has 0 aromatic heterocycles. The fraction of sp³-hybridized carbons (Fsp3) is 0.905. The first-order valence-corrected chi connectivity index (χ1v) is 29.9. The van der Waals surface area contributed by atoms with Crippen LogP contribution in [0, 0.1) is 63.6 Å². The quantitative estimate of drug-likeness (QED) is 0.104. The lowest BCUT2D eigenvalue weighted by Gasteiger charge is -2.49. The number of methoxy groups -OCH3 is 3. The van der Waals surface area contributed by atoms with Gasteiger partial charge >= 0.3 is 35.8 Å². The fourth-order valence-electron chi connectivity index (χ4n) is 11.1. The molecule has 9 saturated carbocycles. The average molecular weight is 1180 g/mol. The largest absolute Gasteiger partial charge is 0.469 e. The number of esters is 6. The van der Waals surface area contributed by atoms with Gasteiger partial charge in [-0.2, -0.15) is 0 Å². The molecule has 478 valence electrons. The van der Waals surface area contributed by atoms with Crippen molar-refractivity contribution in [2.75, 3.05) is 34.5 Å². The van der Waals surface area contributed by atoms with Crippen molar-refractivity contribution < 1.29 is 83.5 Å². The molecule has 0 amide bonds. The molecule has 0 aromatic carbocycles. The summed E-state index contributed by atoms with van der Waals surface area (Å²) in [7, 11) is 4.25. The third-order valence-electron chi connectivity index (χ3n) is 16.5. The Labute approximate surface area is 485 Å². The zero-order chi connectivity index (χ0) is 63.2. The Morgan fingerprint density at radius 3 is 0.642 bits per heavy atom. The van der Waals surface area contributed by atoms with Crippen molar-refractivity contribution in [1.82, 2.24) is 0 Å². The van der Waals surface area contributed by atoms with E-state index in [2.05, 4.69) is 28.4 Å². The number of carbonyl (C=O) groups is 6. The average Bonchev–Trinajstić information content (AvgIpc) is 3.37. The zero-order valence-corrected chi connectivity index (χ0v) is 53.6. The third-order valence-corrected chi connectivity index (χ3v) is 16.5. The van der Waals surface area contributed by atoms with Crippen molar-refractivity contribution >= 4 is 35.8 Å². The van der Waals surface area contributed by atoms with Crippen molar-refractivity contribution in [3.05, 3.63) is 0 Å². The molecule has 0 spiro atoms. The molecule has 8 bridgehead atoms. The molecule has 0 heterocycles. The van der Waals surface area contributed by atoms with Gasteiger partial charge in [0.2, 0.25) is 0 Å². The first-order chi connectivity index (χ1) is 37.1. The van der Waals surface area contributed by atoms with E-state index in [9.17, 15) is 55.1 Å². The lowest BCUT2D eigenvalue weighted by Crippen LogP contribution is -2.38. The Morgan fingerprint density at radius 2 is 0.568 bits per heavy atom. The first-order valence-electron chi connectivity index (χ1n) is 29.9. The second kappa shape index (κ2) is 38.4. The maximum atomic E-state index is 12.2. The van der Waals surface area contributed by atoms with Gasteiger partial charge < -0.3 is 28.4 Å². The van der Waals surface area contributed by atoms with Gasteiger partial charge in [0.25, 0.3) is 17.8 Å². The molecule has 0 saturated heterocycles. The molecule has 0 aromatic rings. The van der Waals surface area contributed by atoms with Crippen LogP contribution < -0.4 is 0 Å². The Balaban J connectivity index is 0. The number of hydrogen-bond acceptors (Lipinski definition) is 12. The summed E-state index contributed by atoms with van der Waals surface area (Å²) in [4.78, 5) is 62.5. The summed E-state index contributed by atoms with van der Waals surface area (Å²) in [5.41, 5.74) is -0.932. The van der Waals surface area contributed by atoms with E-state index in [1.165, 1.54) is 107 Å². The van der Waals surface area contributed by atoms with E-state index < -0.39 is 55.0 Å². The highest BCUT2D eigenvalue weighted by atomic mass is 19.3. The van der Waals surface area contributed by atoms with Crippen LogP contribution in [0.1, 0.15) is 246 Å². The number of rotatable bonds is 12. The number of halogens is 6. The molecule has 9 aliphatic rings. The molecule has 18 heteroatoms. The third kappa shape index (κ3) is 38.1. The topological polar surface area (TPSA) is 158 Å². The highest BCUT2D eigenvalue weighted by Crippen LogP contribution is 2.54. The van der Waals surface area contributed by atoms with Gasteiger partial charge in [0.1, 0.15) is 0 Å². The summed E-state index contributed by atoms with van der Waals surface area (Å²) in [6.45, 7) is 22.0. The van der Waals surface area contributed by atoms with Crippen LogP contribution in [0.3, 0.4) is 0 Å². The standard InChI is InChI=1S/2C10H16.3C7H14O2.C6H10F2O2.C6H12.2C5H8F2O2/c2*1-7-2-9-4-8(1)5-10(3-7)6-9;3*1-5-7(2,3)6(8)9-4;1-4(6(3,7)8)10-5(2)9;1-2-4-6-5-3-1;2*1-4(8)9-3-5(2,6)7/h2*7-10H,1-6H2;3*5H2,1-4H3;4H,1-3H3;1-6H2;2*3H2,1-2H3. The van der Waals surface area contributed by atoms with E-state index in [4.69, 9.17) is 0 Å². The number of hydrogen-bond donors (Lipinski definition) is 0. The van der Waals surface area contributed by atoms with E-state index >= 15 is 0 Å². The lowest BCUT2D eigenvalue weighted by molar-refractivity contribution is -0.164. The van der Waals surface area contributed by atoms with E-state index in [1.807, 2.05) is 62.3 Å². The van der Waals surface area contributed by atoms with Gasteiger partial charge in [-0.15, -0.1) is 0 Å².